The first kappa shape index (κ1) is 14.7. The molecule has 2 fully saturated rings. The summed E-state index contributed by atoms with van der Waals surface area (Å²) in [5, 5.41) is 0. The third-order valence-corrected chi connectivity index (χ3v) is 5.85. The van der Waals surface area contributed by atoms with Gasteiger partial charge in [0.2, 0.25) is 0 Å². The van der Waals surface area contributed by atoms with E-state index in [1.807, 2.05) is 0 Å². The second-order valence-electron chi connectivity index (χ2n) is 6.43. The molecule has 0 aromatic rings. The SMILES string of the molecule is CCC(C)N1CCN(CC2(CS)CCCC2)CC1. The van der Waals surface area contributed by atoms with Crippen molar-refractivity contribution in [2.45, 2.75) is 52.0 Å². The number of rotatable bonds is 5. The third-order valence-electron chi connectivity index (χ3n) is 5.18. The van der Waals surface area contributed by atoms with E-state index in [0.717, 1.165) is 11.8 Å². The van der Waals surface area contributed by atoms with Gasteiger partial charge in [0.05, 0.1) is 0 Å². The van der Waals surface area contributed by atoms with Crippen LogP contribution in [0.1, 0.15) is 46.0 Å². The average Bonchev–Trinajstić information content (AvgIpc) is 2.88. The van der Waals surface area contributed by atoms with Crippen molar-refractivity contribution in [2.75, 3.05) is 38.5 Å². The molecule has 1 aliphatic carbocycles. The molecule has 18 heavy (non-hydrogen) atoms. The largest absolute Gasteiger partial charge is 0.300 e. The van der Waals surface area contributed by atoms with Crippen LogP contribution in [0.2, 0.25) is 0 Å². The van der Waals surface area contributed by atoms with Crippen LogP contribution in [0.25, 0.3) is 0 Å². The minimum Gasteiger partial charge on any atom is -0.300 e. The van der Waals surface area contributed by atoms with Gasteiger partial charge in [-0.3, -0.25) is 4.90 Å². The van der Waals surface area contributed by atoms with Gasteiger partial charge in [-0.25, -0.2) is 0 Å². The van der Waals surface area contributed by atoms with E-state index in [1.165, 1.54) is 64.8 Å². The average molecular weight is 270 g/mol. The van der Waals surface area contributed by atoms with E-state index in [1.54, 1.807) is 0 Å². The first-order chi connectivity index (χ1) is 8.69. The van der Waals surface area contributed by atoms with E-state index in [0.29, 0.717) is 5.41 Å². The van der Waals surface area contributed by atoms with E-state index in [2.05, 4.69) is 36.3 Å². The van der Waals surface area contributed by atoms with Gasteiger partial charge >= 0.3 is 0 Å². The van der Waals surface area contributed by atoms with Crippen molar-refractivity contribution in [3.8, 4) is 0 Å². The van der Waals surface area contributed by atoms with Gasteiger partial charge in [0.25, 0.3) is 0 Å². The van der Waals surface area contributed by atoms with Crippen LogP contribution in [-0.2, 0) is 0 Å². The number of nitrogens with zero attached hydrogens (tertiary/aromatic N) is 2. The summed E-state index contributed by atoms with van der Waals surface area (Å²) in [6.45, 7) is 11.0. The summed E-state index contributed by atoms with van der Waals surface area (Å²) in [6, 6.07) is 0.762. The summed E-state index contributed by atoms with van der Waals surface area (Å²) in [5.74, 6) is 1.08. The normalized spacial score (nSPS) is 27.5. The van der Waals surface area contributed by atoms with Crippen LogP contribution in [-0.4, -0.2) is 54.3 Å². The first-order valence-electron chi connectivity index (χ1n) is 7.76. The summed E-state index contributed by atoms with van der Waals surface area (Å²) >= 11 is 4.63. The highest BCUT2D eigenvalue weighted by molar-refractivity contribution is 7.80. The second-order valence-corrected chi connectivity index (χ2v) is 6.75. The molecule has 1 saturated heterocycles. The minimum absolute atomic E-state index is 0.543. The molecule has 1 heterocycles. The lowest BCUT2D eigenvalue weighted by molar-refractivity contribution is 0.0733. The Morgan fingerprint density at radius 3 is 2.22 bits per heavy atom. The smallest absolute Gasteiger partial charge is 0.0113 e. The summed E-state index contributed by atoms with van der Waals surface area (Å²) in [7, 11) is 0. The van der Waals surface area contributed by atoms with Gasteiger partial charge in [0.15, 0.2) is 0 Å². The van der Waals surface area contributed by atoms with Crippen LogP contribution in [0.5, 0.6) is 0 Å². The van der Waals surface area contributed by atoms with E-state index in [9.17, 15) is 0 Å². The van der Waals surface area contributed by atoms with Crippen molar-refractivity contribution in [1.29, 1.82) is 0 Å². The van der Waals surface area contributed by atoms with Crippen LogP contribution in [0.4, 0.5) is 0 Å². The lowest BCUT2D eigenvalue weighted by Crippen LogP contribution is -2.52. The molecule has 2 nitrogen and oxygen atoms in total. The highest BCUT2D eigenvalue weighted by atomic mass is 32.1. The van der Waals surface area contributed by atoms with Gasteiger partial charge in [-0.1, -0.05) is 19.8 Å². The highest BCUT2D eigenvalue weighted by Crippen LogP contribution is 2.39. The molecule has 1 unspecified atom stereocenters. The van der Waals surface area contributed by atoms with Gasteiger partial charge < -0.3 is 4.90 Å². The van der Waals surface area contributed by atoms with Crippen molar-refractivity contribution >= 4 is 12.6 Å². The van der Waals surface area contributed by atoms with Crippen LogP contribution in [0.3, 0.4) is 0 Å². The molecular weight excluding hydrogens is 240 g/mol. The molecule has 0 amide bonds. The zero-order chi connectivity index (χ0) is 13.0. The fourth-order valence-corrected chi connectivity index (χ4v) is 4.00. The maximum absolute atomic E-state index is 4.63. The molecular formula is C15H30N2S. The lowest BCUT2D eigenvalue weighted by atomic mass is 9.87. The standard InChI is InChI=1S/C15H30N2S/c1-3-14(2)17-10-8-16(9-11-17)12-15(13-18)6-4-5-7-15/h14,18H,3-13H2,1-2H3. The number of hydrogen-bond acceptors (Lipinski definition) is 3. The van der Waals surface area contributed by atoms with E-state index >= 15 is 0 Å². The first-order valence-corrected chi connectivity index (χ1v) is 8.39. The number of thiol groups is 1. The maximum Gasteiger partial charge on any atom is 0.0113 e. The molecule has 1 saturated carbocycles. The molecule has 0 radical (unpaired) electrons. The monoisotopic (exact) mass is 270 g/mol. The Kier molecular flexibility index (Phi) is 5.40. The van der Waals surface area contributed by atoms with E-state index in [-0.39, 0.29) is 0 Å². The number of piperazine rings is 1. The van der Waals surface area contributed by atoms with Crippen molar-refractivity contribution in [1.82, 2.24) is 9.80 Å². The minimum atomic E-state index is 0.543. The Labute approximate surface area is 119 Å². The van der Waals surface area contributed by atoms with Gasteiger partial charge in [0.1, 0.15) is 0 Å². The molecule has 0 N–H and O–H groups in total. The molecule has 1 atom stereocenters. The predicted octanol–water partition coefficient (Wildman–Crippen LogP) is 2.89. The van der Waals surface area contributed by atoms with Crippen LogP contribution in [0.15, 0.2) is 0 Å². The molecule has 1 aliphatic heterocycles. The molecule has 2 aliphatic rings. The predicted molar refractivity (Wildman–Crippen MR) is 82.5 cm³/mol. The van der Waals surface area contributed by atoms with Crippen LogP contribution >= 0.6 is 12.6 Å². The zero-order valence-electron chi connectivity index (χ0n) is 12.2. The number of hydrogen-bond donors (Lipinski definition) is 1. The summed E-state index contributed by atoms with van der Waals surface area (Å²) in [6.07, 6.45) is 6.94. The second kappa shape index (κ2) is 6.62. The Morgan fingerprint density at radius 2 is 1.72 bits per heavy atom. The van der Waals surface area contributed by atoms with Gasteiger partial charge in [-0.05, 0) is 37.4 Å². The quantitative estimate of drug-likeness (QED) is 0.768. The maximum atomic E-state index is 4.63. The lowest BCUT2D eigenvalue weighted by Gasteiger charge is -2.41. The Morgan fingerprint density at radius 1 is 1.11 bits per heavy atom. The van der Waals surface area contributed by atoms with Crippen LogP contribution in [0, 0.1) is 5.41 Å². The van der Waals surface area contributed by atoms with Crippen molar-refractivity contribution in [3.63, 3.8) is 0 Å². The Bertz CT molecular complexity index is 243. The molecule has 0 aromatic heterocycles. The van der Waals surface area contributed by atoms with Gasteiger partial charge in [-0.2, -0.15) is 12.6 Å². The molecule has 0 aromatic carbocycles. The summed E-state index contributed by atoms with van der Waals surface area (Å²) in [5.41, 5.74) is 0.543. The third kappa shape index (κ3) is 3.43. The zero-order valence-corrected chi connectivity index (χ0v) is 13.1. The summed E-state index contributed by atoms with van der Waals surface area (Å²) in [4.78, 5) is 5.35. The van der Waals surface area contributed by atoms with E-state index < -0.39 is 0 Å². The molecule has 106 valence electrons. The van der Waals surface area contributed by atoms with Gasteiger partial charge in [-0.15, -0.1) is 0 Å². The fraction of sp³-hybridized carbons (Fsp3) is 1.00. The Hall–Kier alpha value is 0.270. The molecule has 3 heteroatoms. The fourth-order valence-electron chi connectivity index (χ4n) is 3.59. The van der Waals surface area contributed by atoms with Crippen molar-refractivity contribution < 1.29 is 0 Å². The summed E-state index contributed by atoms with van der Waals surface area (Å²) < 4.78 is 0. The molecule has 0 bridgehead atoms. The Balaban J connectivity index is 1.79. The molecule has 0 spiro atoms. The topological polar surface area (TPSA) is 6.48 Å². The highest BCUT2D eigenvalue weighted by Gasteiger charge is 2.35. The van der Waals surface area contributed by atoms with Crippen LogP contribution < -0.4 is 0 Å². The van der Waals surface area contributed by atoms with E-state index in [4.69, 9.17) is 0 Å². The molecule has 2 rings (SSSR count). The van der Waals surface area contributed by atoms with Crippen molar-refractivity contribution in [3.05, 3.63) is 0 Å². The van der Waals surface area contributed by atoms with Gasteiger partial charge in [0, 0.05) is 38.8 Å². The van der Waals surface area contributed by atoms with Crippen molar-refractivity contribution in [2.24, 2.45) is 5.41 Å².